The second kappa shape index (κ2) is 12.5. The zero-order chi connectivity index (χ0) is 28.9. The van der Waals surface area contributed by atoms with Gasteiger partial charge < -0.3 is 23.5 Å². The Hall–Kier alpha value is -4.31. The van der Waals surface area contributed by atoms with Gasteiger partial charge in [0.25, 0.3) is 11.5 Å². The highest BCUT2D eigenvalue weighted by atomic mass is 16.5. The average Bonchev–Trinajstić information content (AvgIpc) is 2.98. The number of carbonyl (C=O) groups is 1. The number of hydrogen-bond donors (Lipinski definition) is 1. The maximum atomic E-state index is 12.8. The van der Waals surface area contributed by atoms with Gasteiger partial charge in [0.1, 0.15) is 5.75 Å². The van der Waals surface area contributed by atoms with Crippen LogP contribution in [0, 0.1) is 5.92 Å². The molecule has 1 saturated heterocycles. The number of carbonyl (C=O) groups excluding carboxylic acids is 1. The molecule has 1 amide bonds. The van der Waals surface area contributed by atoms with Crippen molar-refractivity contribution in [3.63, 3.8) is 0 Å². The summed E-state index contributed by atoms with van der Waals surface area (Å²) in [7, 11) is 4.50. The molecule has 0 radical (unpaired) electrons. The maximum absolute atomic E-state index is 12.8. The number of likely N-dealkylation sites (tertiary alicyclic amines) is 1. The molecule has 3 aromatic rings. The number of hydrazone groups is 1. The van der Waals surface area contributed by atoms with Crippen LogP contribution in [-0.2, 0) is 13.1 Å². The Labute approximate surface area is 239 Å². The van der Waals surface area contributed by atoms with Gasteiger partial charge in [-0.3, -0.25) is 14.5 Å². The molecule has 0 saturated carbocycles. The first-order valence-corrected chi connectivity index (χ1v) is 13.7. The van der Waals surface area contributed by atoms with E-state index in [1.54, 1.807) is 24.4 Å². The first-order chi connectivity index (χ1) is 19.9. The molecule has 1 N–H and O–H groups in total. The van der Waals surface area contributed by atoms with Crippen molar-refractivity contribution in [3.05, 3.63) is 81.3 Å². The van der Waals surface area contributed by atoms with Crippen molar-refractivity contribution in [3.8, 4) is 23.0 Å². The van der Waals surface area contributed by atoms with Crippen LogP contribution < -0.4 is 29.9 Å². The Morgan fingerprint density at radius 2 is 1.78 bits per heavy atom. The number of fused-ring (bicyclic) bond motifs is 4. The predicted molar refractivity (Wildman–Crippen MR) is 156 cm³/mol. The summed E-state index contributed by atoms with van der Waals surface area (Å²) in [5.74, 6) is 2.37. The number of nitrogens with zero attached hydrogens (tertiary/aromatic N) is 3. The van der Waals surface area contributed by atoms with E-state index in [-0.39, 0.29) is 5.56 Å². The Balaban J connectivity index is 1.30. The summed E-state index contributed by atoms with van der Waals surface area (Å²) in [5, 5.41) is 4.19. The van der Waals surface area contributed by atoms with E-state index in [0.717, 1.165) is 55.2 Å². The van der Waals surface area contributed by atoms with Gasteiger partial charge in [-0.25, -0.2) is 5.43 Å². The molecule has 1 aromatic heterocycles. The van der Waals surface area contributed by atoms with Crippen LogP contribution in [0.1, 0.15) is 46.4 Å². The molecule has 2 aliphatic heterocycles. The molecule has 41 heavy (non-hydrogen) atoms. The summed E-state index contributed by atoms with van der Waals surface area (Å²) in [5.41, 5.74) is 6.01. The van der Waals surface area contributed by atoms with Crippen LogP contribution in [0.15, 0.2) is 58.4 Å². The summed E-state index contributed by atoms with van der Waals surface area (Å²) >= 11 is 0. The minimum absolute atomic E-state index is 0.0913. The van der Waals surface area contributed by atoms with Crippen molar-refractivity contribution < 1.29 is 23.7 Å². The van der Waals surface area contributed by atoms with Crippen LogP contribution in [0.25, 0.3) is 0 Å². The predicted octanol–water partition coefficient (Wildman–Crippen LogP) is 3.66. The number of rotatable bonds is 10. The maximum Gasteiger partial charge on any atom is 0.271 e. The molecule has 2 aliphatic rings. The zero-order valence-corrected chi connectivity index (χ0v) is 23.9. The highest BCUT2D eigenvalue weighted by Gasteiger charge is 2.34. The minimum atomic E-state index is -0.411. The fourth-order valence-corrected chi connectivity index (χ4v) is 5.91. The molecule has 2 unspecified atom stereocenters. The van der Waals surface area contributed by atoms with Crippen LogP contribution in [-0.4, -0.2) is 62.6 Å². The van der Waals surface area contributed by atoms with Crippen molar-refractivity contribution in [1.29, 1.82) is 0 Å². The molecule has 10 nitrogen and oxygen atoms in total. The number of ether oxygens (including phenoxy) is 4. The molecular formula is C31H36N4O6. The summed E-state index contributed by atoms with van der Waals surface area (Å²) < 4.78 is 23.9. The second-order valence-corrected chi connectivity index (χ2v) is 10.3. The fourth-order valence-electron chi connectivity index (χ4n) is 5.91. The largest absolute Gasteiger partial charge is 0.494 e. The first kappa shape index (κ1) is 28.2. The van der Waals surface area contributed by atoms with E-state index in [2.05, 4.69) is 21.5 Å². The first-order valence-electron chi connectivity index (χ1n) is 13.7. The van der Waals surface area contributed by atoms with Crippen molar-refractivity contribution in [2.24, 2.45) is 11.0 Å². The minimum Gasteiger partial charge on any atom is -0.494 e. The standard InChI is InChI=1S/C31H36N4O6/c1-5-41-26-10-9-20(15-32-33-31(37)22-13-27(38-2)30(40-4)28(14-22)39-3)11-24(26)19-34-16-21-12-23(18-34)25-7-6-8-29(36)35(25)17-21/h6-11,13-15,21,23H,5,12,16-19H2,1-4H3,(H,33,37). The molecule has 216 valence electrons. The van der Waals surface area contributed by atoms with Crippen LogP contribution in [0.4, 0.5) is 0 Å². The van der Waals surface area contributed by atoms with Crippen LogP contribution >= 0.6 is 0 Å². The lowest BCUT2D eigenvalue weighted by molar-refractivity contribution is 0.0954. The molecule has 5 rings (SSSR count). The third-order valence-corrected chi connectivity index (χ3v) is 7.64. The van der Waals surface area contributed by atoms with Gasteiger partial charge in [-0.2, -0.15) is 5.10 Å². The van der Waals surface area contributed by atoms with E-state index >= 15 is 0 Å². The quantitative estimate of drug-likeness (QED) is 0.298. The molecule has 2 aromatic carbocycles. The third-order valence-electron chi connectivity index (χ3n) is 7.64. The number of pyridine rings is 1. The number of amides is 1. The third kappa shape index (κ3) is 6.07. The lowest BCUT2D eigenvalue weighted by Gasteiger charge is -2.43. The number of piperidine rings is 1. The van der Waals surface area contributed by atoms with Gasteiger partial charge in [0.05, 0.1) is 34.2 Å². The molecule has 0 spiro atoms. The SMILES string of the molecule is CCOc1ccc(C=NNC(=O)c2cc(OC)c(OC)c(OC)c2)cc1CN1CC2CC(C1)c1cccc(=O)n1C2. The Bertz CT molecular complexity index is 1480. The van der Waals surface area contributed by atoms with Gasteiger partial charge in [0, 0.05) is 55.0 Å². The van der Waals surface area contributed by atoms with Crippen molar-refractivity contribution in [2.75, 3.05) is 41.0 Å². The van der Waals surface area contributed by atoms with E-state index in [1.165, 1.54) is 21.3 Å². The van der Waals surface area contributed by atoms with Gasteiger partial charge in [-0.05, 0) is 61.2 Å². The van der Waals surface area contributed by atoms with Crippen LogP contribution in [0.5, 0.6) is 23.0 Å². The van der Waals surface area contributed by atoms with Crippen molar-refractivity contribution in [2.45, 2.75) is 32.4 Å². The Morgan fingerprint density at radius 3 is 2.49 bits per heavy atom. The lowest BCUT2D eigenvalue weighted by Crippen LogP contribution is -2.46. The number of nitrogens with one attached hydrogen (secondary N) is 1. The number of hydrogen-bond acceptors (Lipinski definition) is 8. The molecular weight excluding hydrogens is 524 g/mol. The number of aromatic nitrogens is 1. The molecule has 2 bridgehead atoms. The van der Waals surface area contributed by atoms with Crippen molar-refractivity contribution in [1.82, 2.24) is 14.9 Å². The second-order valence-electron chi connectivity index (χ2n) is 10.3. The lowest BCUT2D eigenvalue weighted by atomic mass is 9.83. The van der Waals surface area contributed by atoms with Crippen LogP contribution in [0.2, 0.25) is 0 Å². The average molecular weight is 561 g/mol. The van der Waals surface area contributed by atoms with E-state index < -0.39 is 5.91 Å². The number of benzene rings is 2. The normalized spacial score (nSPS) is 18.0. The number of methoxy groups -OCH3 is 3. The van der Waals surface area contributed by atoms with Crippen molar-refractivity contribution >= 4 is 12.1 Å². The van der Waals surface area contributed by atoms with E-state index in [0.29, 0.717) is 41.3 Å². The molecule has 3 heterocycles. The summed E-state index contributed by atoms with van der Waals surface area (Å²) in [4.78, 5) is 27.7. The smallest absolute Gasteiger partial charge is 0.271 e. The monoisotopic (exact) mass is 560 g/mol. The fraction of sp³-hybridized carbons (Fsp3) is 0.387. The Morgan fingerprint density at radius 1 is 1.00 bits per heavy atom. The molecule has 10 heteroatoms. The van der Waals surface area contributed by atoms with E-state index in [4.69, 9.17) is 18.9 Å². The highest BCUT2D eigenvalue weighted by Crippen LogP contribution is 2.38. The van der Waals surface area contributed by atoms with Gasteiger partial charge in [-0.15, -0.1) is 0 Å². The molecule has 1 fully saturated rings. The summed E-state index contributed by atoms with van der Waals surface area (Å²) in [6.45, 7) is 5.82. The molecule has 2 atom stereocenters. The summed E-state index contributed by atoms with van der Waals surface area (Å²) in [6, 6.07) is 14.6. The van der Waals surface area contributed by atoms with Gasteiger partial charge in [0.2, 0.25) is 5.75 Å². The van der Waals surface area contributed by atoms with E-state index in [9.17, 15) is 9.59 Å². The summed E-state index contributed by atoms with van der Waals surface area (Å²) in [6.07, 6.45) is 2.72. The van der Waals surface area contributed by atoms with Crippen LogP contribution in [0.3, 0.4) is 0 Å². The van der Waals surface area contributed by atoms with Gasteiger partial charge in [-0.1, -0.05) is 6.07 Å². The molecule has 0 aliphatic carbocycles. The van der Waals surface area contributed by atoms with Gasteiger partial charge in [0.15, 0.2) is 11.5 Å². The Kier molecular flexibility index (Phi) is 8.58. The van der Waals surface area contributed by atoms with Gasteiger partial charge >= 0.3 is 0 Å². The highest BCUT2D eigenvalue weighted by molar-refractivity contribution is 5.96. The topological polar surface area (TPSA) is 104 Å². The zero-order valence-electron chi connectivity index (χ0n) is 23.9. The van der Waals surface area contributed by atoms with E-state index in [1.807, 2.05) is 35.8 Å².